The summed E-state index contributed by atoms with van der Waals surface area (Å²) in [4.78, 5) is 15.2. The van der Waals surface area contributed by atoms with Gasteiger partial charge in [-0.1, -0.05) is 35.9 Å². The van der Waals surface area contributed by atoms with Crippen molar-refractivity contribution in [2.45, 2.75) is 18.0 Å². The van der Waals surface area contributed by atoms with Crippen LogP contribution >= 0.6 is 11.3 Å². The normalized spacial score (nSPS) is 15.5. The molecule has 0 bridgehead atoms. The molecule has 36 heavy (non-hydrogen) atoms. The van der Waals surface area contributed by atoms with Crippen LogP contribution in [0.3, 0.4) is 0 Å². The van der Waals surface area contributed by atoms with E-state index in [4.69, 9.17) is 0 Å². The third kappa shape index (κ3) is 4.40. The monoisotopic (exact) mass is 534 g/mol. The minimum Gasteiger partial charge on any atom is -0.335 e. The van der Waals surface area contributed by atoms with E-state index in [2.05, 4.69) is 5.10 Å². The molecule has 4 aromatic rings. The van der Waals surface area contributed by atoms with Gasteiger partial charge in [-0.05, 0) is 37.3 Å². The fourth-order valence-electron chi connectivity index (χ4n) is 4.11. The van der Waals surface area contributed by atoms with Crippen molar-refractivity contribution < 1.29 is 26.4 Å². The summed E-state index contributed by atoms with van der Waals surface area (Å²) in [7, 11) is -3.70. The van der Waals surface area contributed by atoms with Crippen molar-refractivity contribution in [3.05, 3.63) is 76.8 Å². The fourth-order valence-corrected chi connectivity index (χ4v) is 6.64. The van der Waals surface area contributed by atoms with Gasteiger partial charge in [0.05, 0.1) is 15.5 Å². The number of rotatable bonds is 4. The van der Waals surface area contributed by atoms with Crippen molar-refractivity contribution in [2.75, 3.05) is 26.2 Å². The molecule has 0 aliphatic carbocycles. The zero-order valence-corrected chi connectivity index (χ0v) is 20.7. The Morgan fingerprint density at radius 2 is 1.61 bits per heavy atom. The van der Waals surface area contributed by atoms with Gasteiger partial charge in [0.25, 0.3) is 5.91 Å². The Kier molecular flexibility index (Phi) is 6.13. The molecular weight excluding hydrogens is 513 g/mol. The number of thiophene rings is 1. The Balaban J connectivity index is 1.39. The number of amides is 1. The minimum absolute atomic E-state index is 0.0957. The molecule has 0 radical (unpaired) electrons. The van der Waals surface area contributed by atoms with Crippen LogP contribution in [-0.4, -0.2) is 59.5 Å². The van der Waals surface area contributed by atoms with Crippen molar-refractivity contribution in [3.63, 3.8) is 0 Å². The van der Waals surface area contributed by atoms with Crippen LogP contribution in [0.2, 0.25) is 0 Å². The summed E-state index contributed by atoms with van der Waals surface area (Å²) in [6.07, 6.45) is -4.68. The van der Waals surface area contributed by atoms with Gasteiger partial charge >= 0.3 is 6.18 Å². The van der Waals surface area contributed by atoms with Gasteiger partial charge in [-0.3, -0.25) is 4.79 Å². The molecule has 0 saturated carbocycles. The predicted octanol–water partition coefficient (Wildman–Crippen LogP) is 4.56. The average Bonchev–Trinajstić information content (AvgIpc) is 3.44. The highest BCUT2D eigenvalue weighted by Crippen LogP contribution is 2.39. The number of para-hydroxylation sites is 1. The van der Waals surface area contributed by atoms with E-state index >= 15 is 0 Å². The number of alkyl halides is 3. The lowest BCUT2D eigenvalue weighted by atomic mass is 10.2. The molecule has 0 atom stereocenters. The van der Waals surface area contributed by atoms with Crippen LogP contribution in [0.5, 0.6) is 0 Å². The number of fused-ring (bicyclic) bond motifs is 1. The smallest absolute Gasteiger partial charge is 0.335 e. The van der Waals surface area contributed by atoms with Gasteiger partial charge in [0.15, 0.2) is 5.69 Å². The molecule has 0 N–H and O–H groups in total. The van der Waals surface area contributed by atoms with Crippen LogP contribution in [-0.2, 0) is 16.2 Å². The molecule has 3 heterocycles. The van der Waals surface area contributed by atoms with Crippen LogP contribution in [0, 0.1) is 6.92 Å². The van der Waals surface area contributed by atoms with Crippen LogP contribution in [0.4, 0.5) is 13.2 Å². The second-order valence-corrected chi connectivity index (χ2v) is 11.4. The maximum Gasteiger partial charge on any atom is 0.435 e. The summed E-state index contributed by atoms with van der Waals surface area (Å²) < 4.78 is 69.5. The number of nitrogens with zero attached hydrogens (tertiary/aromatic N) is 4. The first-order valence-electron chi connectivity index (χ1n) is 11.1. The molecule has 1 fully saturated rings. The molecule has 1 amide bonds. The zero-order chi connectivity index (χ0) is 25.7. The number of carbonyl (C=O) groups excluding carboxylic acids is 1. The van der Waals surface area contributed by atoms with Gasteiger partial charge < -0.3 is 4.90 Å². The average molecular weight is 535 g/mol. The first-order valence-corrected chi connectivity index (χ1v) is 13.3. The Labute approximate surface area is 209 Å². The number of sulfonamides is 1. The number of hydrogen-bond acceptors (Lipinski definition) is 5. The molecular formula is C24H21F3N4O3S2. The second-order valence-electron chi connectivity index (χ2n) is 8.43. The van der Waals surface area contributed by atoms with Gasteiger partial charge in [-0.2, -0.15) is 22.6 Å². The molecule has 1 saturated heterocycles. The lowest BCUT2D eigenvalue weighted by Crippen LogP contribution is -2.50. The van der Waals surface area contributed by atoms with Crippen molar-refractivity contribution in [3.8, 4) is 5.69 Å². The maximum atomic E-state index is 13.7. The molecule has 2 aromatic heterocycles. The number of aryl methyl sites for hydroxylation is 1. The van der Waals surface area contributed by atoms with Crippen molar-refractivity contribution >= 4 is 37.5 Å². The van der Waals surface area contributed by atoms with Gasteiger partial charge in [-0.15, -0.1) is 11.3 Å². The number of carbonyl (C=O) groups is 1. The predicted molar refractivity (Wildman–Crippen MR) is 130 cm³/mol. The highest BCUT2D eigenvalue weighted by Gasteiger charge is 2.39. The number of halogens is 3. The van der Waals surface area contributed by atoms with E-state index in [0.29, 0.717) is 5.69 Å². The highest BCUT2D eigenvalue weighted by molar-refractivity contribution is 7.89. The van der Waals surface area contributed by atoms with Crippen LogP contribution in [0.1, 0.15) is 20.9 Å². The number of piperazine rings is 1. The van der Waals surface area contributed by atoms with E-state index < -0.39 is 27.8 Å². The summed E-state index contributed by atoms with van der Waals surface area (Å²) >= 11 is 0.939. The van der Waals surface area contributed by atoms with Crippen LogP contribution in [0.25, 0.3) is 15.9 Å². The Bertz CT molecular complexity index is 1520. The minimum atomic E-state index is -4.68. The van der Waals surface area contributed by atoms with Crippen molar-refractivity contribution in [2.24, 2.45) is 0 Å². The largest absolute Gasteiger partial charge is 0.435 e. The number of benzene rings is 2. The van der Waals surface area contributed by atoms with Gasteiger partial charge in [-0.25, -0.2) is 13.1 Å². The maximum absolute atomic E-state index is 13.7. The van der Waals surface area contributed by atoms with E-state index in [-0.39, 0.29) is 46.2 Å². The van der Waals surface area contributed by atoms with Crippen molar-refractivity contribution in [1.29, 1.82) is 0 Å². The summed E-state index contributed by atoms with van der Waals surface area (Å²) in [5.74, 6) is -0.434. The zero-order valence-electron chi connectivity index (χ0n) is 19.1. The van der Waals surface area contributed by atoms with Gasteiger partial charge in [0, 0.05) is 31.6 Å². The van der Waals surface area contributed by atoms with E-state index in [9.17, 15) is 26.4 Å². The van der Waals surface area contributed by atoms with E-state index in [1.807, 2.05) is 6.92 Å². The standard InChI is InChI=1S/C24H21F3N4O3S2/c1-16-7-9-18(10-8-16)36(33,34)30-13-11-29(12-14-30)22(32)20-15-19-21(24(25,26)27)28-31(23(19)35-20)17-5-3-2-4-6-17/h2-10,15H,11-14H2,1H3. The van der Waals surface area contributed by atoms with E-state index in [0.717, 1.165) is 16.9 Å². The molecule has 7 nitrogen and oxygen atoms in total. The molecule has 0 spiro atoms. The van der Waals surface area contributed by atoms with Crippen molar-refractivity contribution in [1.82, 2.24) is 19.0 Å². The molecule has 5 rings (SSSR count). The molecule has 2 aromatic carbocycles. The molecule has 12 heteroatoms. The molecule has 0 unspecified atom stereocenters. The summed E-state index contributed by atoms with van der Waals surface area (Å²) in [6.45, 7) is 2.32. The van der Waals surface area contributed by atoms with Gasteiger partial charge in [0.1, 0.15) is 4.83 Å². The van der Waals surface area contributed by atoms with Gasteiger partial charge in [0.2, 0.25) is 10.0 Å². The Hall–Kier alpha value is -3.22. The quantitative estimate of drug-likeness (QED) is 0.385. The van der Waals surface area contributed by atoms with Crippen LogP contribution < -0.4 is 0 Å². The third-order valence-electron chi connectivity index (χ3n) is 6.02. The summed E-state index contributed by atoms with van der Waals surface area (Å²) in [6, 6.07) is 16.2. The summed E-state index contributed by atoms with van der Waals surface area (Å²) in [5, 5.41) is 3.64. The lowest BCUT2D eigenvalue weighted by molar-refractivity contribution is -0.140. The molecule has 188 valence electrons. The van der Waals surface area contributed by atoms with E-state index in [1.54, 1.807) is 54.6 Å². The Morgan fingerprint density at radius 3 is 2.22 bits per heavy atom. The first-order chi connectivity index (χ1) is 17.1. The third-order valence-corrected chi connectivity index (χ3v) is 9.04. The SMILES string of the molecule is Cc1ccc(S(=O)(=O)N2CCN(C(=O)c3cc4c(C(F)(F)F)nn(-c5ccccc5)c4s3)CC2)cc1. The highest BCUT2D eigenvalue weighted by atomic mass is 32.2. The van der Waals surface area contributed by atoms with E-state index in [1.165, 1.54) is 20.0 Å². The molecule has 1 aliphatic rings. The second kappa shape index (κ2) is 9.02. The first kappa shape index (κ1) is 24.5. The summed E-state index contributed by atoms with van der Waals surface area (Å²) in [5.41, 5.74) is 0.344. The number of hydrogen-bond donors (Lipinski definition) is 0. The number of aromatic nitrogens is 2. The van der Waals surface area contributed by atoms with Crippen LogP contribution in [0.15, 0.2) is 65.6 Å². The Morgan fingerprint density at radius 1 is 0.972 bits per heavy atom. The fraction of sp³-hybridized carbons (Fsp3) is 0.250. The topological polar surface area (TPSA) is 75.5 Å². The molecule has 1 aliphatic heterocycles. The lowest BCUT2D eigenvalue weighted by Gasteiger charge is -2.33.